The molecular weight excluding hydrogens is 1040 g/mol. The topological polar surface area (TPSA) is 212 Å². The van der Waals surface area contributed by atoms with Gasteiger partial charge in [-0.05, 0) is 59.4 Å². The normalized spacial score (nSPS) is 13.2. The summed E-state index contributed by atoms with van der Waals surface area (Å²) in [6, 6.07) is 35.4. The molecule has 0 fully saturated rings. The SMILES string of the molecule is COC(=O)/C(=C\C[C@](CO[C@H](C)c1cc(C(F)(F)F)cc(C(F)(F)F)c1)(NC(=O)OCc1ccccc1)c1ccccc1)NC(=O)OCc1ccccc1.COC(=O)C(NC(=O)OCc1ccccc1)P(=O)(OC)OC. The fourth-order valence-corrected chi connectivity index (χ4v) is 7.89. The Morgan fingerprint density at radius 2 is 1.01 bits per heavy atom. The zero-order valence-corrected chi connectivity index (χ0v) is 42.4. The molecule has 0 aromatic heterocycles. The van der Waals surface area contributed by atoms with Crippen molar-refractivity contribution in [3.63, 3.8) is 0 Å². The molecule has 5 rings (SSSR count). The van der Waals surface area contributed by atoms with Crippen LogP contribution in [0.15, 0.2) is 151 Å². The third-order valence-corrected chi connectivity index (χ3v) is 12.8. The maximum Gasteiger partial charge on any atom is 0.416 e. The van der Waals surface area contributed by atoms with Gasteiger partial charge in [0.05, 0.1) is 43.6 Å². The third-order valence-electron chi connectivity index (χ3n) is 10.8. The summed E-state index contributed by atoms with van der Waals surface area (Å²) < 4.78 is 135. The minimum Gasteiger partial charge on any atom is -0.467 e. The number of alkyl halides is 6. The molecule has 3 atom stereocenters. The van der Waals surface area contributed by atoms with Crippen molar-refractivity contribution in [3.8, 4) is 0 Å². The molecule has 5 aromatic carbocycles. The zero-order chi connectivity index (χ0) is 55.9. The lowest BCUT2D eigenvalue weighted by Gasteiger charge is -2.35. The number of carbonyl (C=O) groups is 5. The number of amides is 3. The molecule has 0 spiro atoms. The van der Waals surface area contributed by atoms with E-state index in [9.17, 15) is 54.9 Å². The van der Waals surface area contributed by atoms with Gasteiger partial charge < -0.3 is 42.8 Å². The van der Waals surface area contributed by atoms with E-state index in [1.165, 1.54) is 13.0 Å². The minimum atomic E-state index is -5.10. The minimum absolute atomic E-state index is 0.00573. The van der Waals surface area contributed by atoms with Crippen LogP contribution in [-0.2, 0) is 89.3 Å². The average Bonchev–Trinajstić information content (AvgIpc) is 3.43. The number of ether oxygens (including phenoxy) is 6. The molecule has 0 saturated carbocycles. The predicted molar refractivity (Wildman–Crippen MR) is 260 cm³/mol. The summed E-state index contributed by atoms with van der Waals surface area (Å²) in [7, 11) is 0.436. The highest BCUT2D eigenvalue weighted by Gasteiger charge is 2.43. The van der Waals surface area contributed by atoms with Gasteiger partial charge in [-0.25, -0.2) is 24.0 Å². The van der Waals surface area contributed by atoms with Gasteiger partial charge in [0.15, 0.2) is 0 Å². The molecule has 1 unspecified atom stereocenters. The lowest BCUT2D eigenvalue weighted by atomic mass is 9.86. The highest BCUT2D eigenvalue weighted by molar-refractivity contribution is 7.55. The Hall–Kier alpha value is -7.72. The van der Waals surface area contributed by atoms with Gasteiger partial charge in [0, 0.05) is 14.2 Å². The second-order valence-electron chi connectivity index (χ2n) is 16.0. The first-order chi connectivity index (χ1) is 36.1. The third kappa shape index (κ3) is 18.9. The maximum absolute atomic E-state index is 13.7. The molecule has 76 heavy (non-hydrogen) atoms. The van der Waals surface area contributed by atoms with Crippen LogP contribution in [0, 0.1) is 0 Å². The van der Waals surface area contributed by atoms with E-state index in [0.29, 0.717) is 28.8 Å². The lowest BCUT2D eigenvalue weighted by Crippen LogP contribution is -2.49. The second kappa shape index (κ2) is 28.8. The van der Waals surface area contributed by atoms with Gasteiger partial charge in [-0.1, -0.05) is 127 Å². The van der Waals surface area contributed by atoms with Crippen molar-refractivity contribution in [2.45, 2.75) is 62.9 Å². The first-order valence-corrected chi connectivity index (χ1v) is 24.1. The zero-order valence-electron chi connectivity index (χ0n) is 41.5. The number of halogens is 6. The summed E-state index contributed by atoms with van der Waals surface area (Å²) >= 11 is 0. The molecule has 24 heteroatoms. The van der Waals surface area contributed by atoms with Crippen molar-refractivity contribution < 1.29 is 92.3 Å². The first-order valence-electron chi connectivity index (χ1n) is 22.5. The smallest absolute Gasteiger partial charge is 0.416 e. The van der Waals surface area contributed by atoms with E-state index in [-0.39, 0.29) is 32.3 Å². The largest absolute Gasteiger partial charge is 0.467 e. The van der Waals surface area contributed by atoms with Crippen molar-refractivity contribution in [1.29, 1.82) is 0 Å². The van der Waals surface area contributed by atoms with E-state index < -0.39 is 96.6 Å². The fraction of sp³-hybridized carbons (Fsp3) is 0.288. The predicted octanol–water partition coefficient (Wildman–Crippen LogP) is 10.9. The Labute approximate surface area is 433 Å². The number of nitrogens with one attached hydrogen (secondary N) is 3. The maximum atomic E-state index is 13.7. The number of hydrogen-bond donors (Lipinski definition) is 3. The number of rotatable bonds is 21. The number of carbonyl (C=O) groups excluding carboxylic acids is 5. The van der Waals surface area contributed by atoms with Crippen LogP contribution in [0.4, 0.5) is 40.7 Å². The Kier molecular flexibility index (Phi) is 23.1. The van der Waals surface area contributed by atoms with Crippen molar-refractivity contribution in [1.82, 2.24) is 16.0 Å². The molecule has 0 aliphatic rings. The van der Waals surface area contributed by atoms with E-state index in [1.807, 2.05) is 6.07 Å². The molecule has 0 radical (unpaired) electrons. The first kappa shape index (κ1) is 60.8. The van der Waals surface area contributed by atoms with Crippen molar-refractivity contribution >= 4 is 37.8 Å². The van der Waals surface area contributed by atoms with Crippen LogP contribution in [-0.4, -0.2) is 71.0 Å². The second-order valence-corrected chi connectivity index (χ2v) is 18.3. The highest BCUT2D eigenvalue weighted by atomic mass is 31.2. The molecular formula is C52H54F6N3O14P. The molecule has 0 bridgehead atoms. The summed E-state index contributed by atoms with van der Waals surface area (Å²) in [6.45, 7) is 0.349. The summed E-state index contributed by atoms with van der Waals surface area (Å²) in [5.41, 5.74) is -3.24. The Morgan fingerprint density at radius 1 is 0.579 bits per heavy atom. The van der Waals surface area contributed by atoms with Gasteiger partial charge in [-0.15, -0.1) is 0 Å². The molecule has 0 aliphatic carbocycles. The van der Waals surface area contributed by atoms with Crippen LogP contribution < -0.4 is 16.0 Å². The number of alkyl carbamates (subject to hydrolysis) is 3. The molecule has 0 saturated heterocycles. The summed E-state index contributed by atoms with van der Waals surface area (Å²) in [4.78, 5) is 62.4. The number of hydrogen-bond acceptors (Lipinski definition) is 14. The monoisotopic (exact) mass is 1090 g/mol. The Balaban J connectivity index is 0.000000474. The molecule has 0 aliphatic heterocycles. The Bertz CT molecular complexity index is 2720. The number of benzene rings is 5. The van der Waals surface area contributed by atoms with E-state index in [2.05, 4.69) is 20.7 Å². The standard InChI is InChI=1S/C39H36F6N2O7.C13H18NO7P/c1-26(29-20-31(38(40,41)42)22-32(21-29)39(43,44)45)54-25-37(30-16-10-5-11-17-30,47-36(50)53-24-28-14-8-4-9-15-28)19-18-33(34(48)51-2)46-35(49)52-23-27-12-6-3-7-13-27;1-18-12(15)11(22(17,19-2)20-3)14-13(16)21-9-10-7-5-4-6-8-10/h3-18,20-22,26H,19,23-25H2,1-2H3,(H,46,49)(H,47,50);4-8,11H,9H2,1-3H3,(H,14,16)/b33-18+;/t26-,37-;/m1./s1. The summed E-state index contributed by atoms with van der Waals surface area (Å²) in [5, 5.41) is 7.17. The lowest BCUT2D eigenvalue weighted by molar-refractivity contribution is -0.144. The van der Waals surface area contributed by atoms with Crippen molar-refractivity contribution in [3.05, 3.63) is 190 Å². The summed E-state index contributed by atoms with van der Waals surface area (Å²) in [5.74, 6) is -3.59. The quantitative estimate of drug-likeness (QED) is 0.0205. The average molecular weight is 1090 g/mol. The highest BCUT2D eigenvalue weighted by Crippen LogP contribution is 2.51. The van der Waals surface area contributed by atoms with Crippen LogP contribution in [0.25, 0.3) is 0 Å². The van der Waals surface area contributed by atoms with Crippen LogP contribution >= 0.6 is 7.60 Å². The van der Waals surface area contributed by atoms with Gasteiger partial charge in [0.25, 0.3) is 0 Å². The fourth-order valence-electron chi connectivity index (χ4n) is 6.69. The van der Waals surface area contributed by atoms with Gasteiger partial charge in [-0.3, -0.25) is 15.2 Å². The number of esters is 2. The van der Waals surface area contributed by atoms with Crippen LogP contribution in [0.1, 0.15) is 58.4 Å². The van der Waals surface area contributed by atoms with Gasteiger partial charge in [0.2, 0.25) is 5.78 Å². The van der Waals surface area contributed by atoms with Crippen LogP contribution in [0.3, 0.4) is 0 Å². The van der Waals surface area contributed by atoms with E-state index in [0.717, 1.165) is 34.0 Å². The van der Waals surface area contributed by atoms with Crippen molar-refractivity contribution in [2.24, 2.45) is 0 Å². The van der Waals surface area contributed by atoms with E-state index in [4.69, 9.17) is 32.7 Å². The Morgan fingerprint density at radius 3 is 1.43 bits per heavy atom. The molecule has 408 valence electrons. The van der Waals surface area contributed by atoms with E-state index >= 15 is 0 Å². The molecule has 0 heterocycles. The van der Waals surface area contributed by atoms with Gasteiger partial charge >= 0.3 is 50.2 Å². The van der Waals surface area contributed by atoms with Crippen LogP contribution in [0.2, 0.25) is 0 Å². The molecule has 3 amide bonds. The summed E-state index contributed by atoms with van der Waals surface area (Å²) in [6.07, 6.45) is -13.7. The van der Waals surface area contributed by atoms with E-state index in [1.54, 1.807) is 115 Å². The van der Waals surface area contributed by atoms with Gasteiger partial charge in [0.1, 0.15) is 25.5 Å². The van der Waals surface area contributed by atoms with Crippen LogP contribution in [0.5, 0.6) is 0 Å². The van der Waals surface area contributed by atoms with Crippen molar-refractivity contribution in [2.75, 3.05) is 35.0 Å². The molecule has 3 N–H and O–H groups in total. The number of methoxy groups -OCH3 is 2. The van der Waals surface area contributed by atoms with Gasteiger partial charge in [-0.2, -0.15) is 26.3 Å². The molecule has 17 nitrogen and oxygen atoms in total. The molecule has 5 aromatic rings.